The van der Waals surface area contributed by atoms with Gasteiger partial charge in [-0.15, -0.1) is 0 Å². The fourth-order valence-electron chi connectivity index (χ4n) is 4.39. The molecule has 2 heterocycles. The average molecular weight is 571 g/mol. The summed E-state index contributed by atoms with van der Waals surface area (Å²) in [5, 5.41) is 3.66. The maximum atomic E-state index is 14.8. The SMILES string of the molecule is COc1ncc(N(C)c2ccc3nc(C)nc(N[C@H](C)c4cccc(C(F)(F)F)c4F)c3c2)cc1CC(=O)N(C)C. The van der Waals surface area contributed by atoms with Crippen molar-refractivity contribution in [2.24, 2.45) is 0 Å². The number of halogens is 4. The van der Waals surface area contributed by atoms with Crippen molar-refractivity contribution in [1.29, 1.82) is 0 Å². The molecule has 0 saturated heterocycles. The van der Waals surface area contributed by atoms with Gasteiger partial charge in [-0.05, 0) is 44.2 Å². The third kappa shape index (κ3) is 6.31. The number of nitrogens with one attached hydrogen (secondary N) is 1. The highest BCUT2D eigenvalue weighted by Crippen LogP contribution is 2.36. The van der Waals surface area contributed by atoms with Crippen LogP contribution in [0.5, 0.6) is 5.88 Å². The van der Waals surface area contributed by atoms with Gasteiger partial charge in [0, 0.05) is 43.3 Å². The molecule has 0 fully saturated rings. The molecule has 0 spiro atoms. The average Bonchev–Trinajstić information content (AvgIpc) is 2.91. The summed E-state index contributed by atoms with van der Waals surface area (Å²) in [7, 11) is 6.66. The second kappa shape index (κ2) is 11.6. The molecule has 2 aromatic carbocycles. The number of ether oxygens (including phenoxy) is 1. The predicted molar refractivity (Wildman–Crippen MR) is 149 cm³/mol. The summed E-state index contributed by atoms with van der Waals surface area (Å²) in [5.74, 6) is -0.303. The van der Waals surface area contributed by atoms with Gasteiger partial charge in [0.15, 0.2) is 0 Å². The molecule has 1 N–H and O–H groups in total. The van der Waals surface area contributed by atoms with E-state index in [0.717, 1.165) is 5.69 Å². The van der Waals surface area contributed by atoms with Gasteiger partial charge in [0.1, 0.15) is 17.5 Å². The number of aromatic nitrogens is 3. The normalized spacial score (nSPS) is 12.2. The minimum Gasteiger partial charge on any atom is -0.481 e. The van der Waals surface area contributed by atoms with Crippen LogP contribution in [0.2, 0.25) is 0 Å². The fourth-order valence-corrected chi connectivity index (χ4v) is 4.39. The summed E-state index contributed by atoms with van der Waals surface area (Å²) >= 11 is 0. The van der Waals surface area contributed by atoms with Crippen LogP contribution in [0.1, 0.15) is 35.5 Å². The number of aryl methyl sites for hydroxylation is 1. The van der Waals surface area contributed by atoms with E-state index < -0.39 is 23.6 Å². The highest BCUT2D eigenvalue weighted by Gasteiger charge is 2.35. The molecule has 0 saturated carbocycles. The van der Waals surface area contributed by atoms with Crippen LogP contribution in [-0.4, -0.2) is 54.0 Å². The van der Waals surface area contributed by atoms with Gasteiger partial charge in [0.2, 0.25) is 11.8 Å². The number of alkyl halides is 3. The number of hydrogen-bond donors (Lipinski definition) is 1. The molecule has 0 aliphatic carbocycles. The van der Waals surface area contributed by atoms with E-state index in [2.05, 4.69) is 20.3 Å². The Morgan fingerprint density at radius 3 is 2.46 bits per heavy atom. The van der Waals surface area contributed by atoms with Crippen molar-refractivity contribution in [3.8, 4) is 5.88 Å². The Hall–Kier alpha value is -4.48. The Labute approximate surface area is 235 Å². The van der Waals surface area contributed by atoms with Gasteiger partial charge in [-0.2, -0.15) is 13.2 Å². The van der Waals surface area contributed by atoms with Gasteiger partial charge in [0.05, 0.1) is 42.5 Å². The van der Waals surface area contributed by atoms with E-state index in [9.17, 15) is 22.4 Å². The fraction of sp³-hybridized carbons (Fsp3) is 0.310. The molecule has 8 nitrogen and oxygen atoms in total. The van der Waals surface area contributed by atoms with Crippen molar-refractivity contribution in [3.63, 3.8) is 0 Å². The number of nitrogens with zero attached hydrogens (tertiary/aromatic N) is 5. The number of hydrogen-bond acceptors (Lipinski definition) is 7. The van der Waals surface area contributed by atoms with E-state index in [4.69, 9.17) is 4.74 Å². The monoisotopic (exact) mass is 570 g/mol. The maximum Gasteiger partial charge on any atom is 0.419 e. The van der Waals surface area contributed by atoms with Crippen molar-refractivity contribution in [2.45, 2.75) is 32.5 Å². The van der Waals surface area contributed by atoms with Crippen LogP contribution in [-0.2, 0) is 17.4 Å². The first kappa shape index (κ1) is 29.5. The lowest BCUT2D eigenvalue weighted by atomic mass is 10.0. The van der Waals surface area contributed by atoms with Crippen LogP contribution >= 0.6 is 0 Å². The summed E-state index contributed by atoms with van der Waals surface area (Å²) in [6, 6.07) is 9.66. The van der Waals surface area contributed by atoms with E-state index in [-0.39, 0.29) is 17.9 Å². The molecule has 2 aromatic heterocycles. The lowest BCUT2D eigenvalue weighted by Crippen LogP contribution is -2.24. The number of carbonyl (C=O) groups is 1. The molecule has 4 rings (SSSR count). The number of pyridine rings is 1. The molecule has 216 valence electrons. The smallest absolute Gasteiger partial charge is 0.419 e. The third-order valence-corrected chi connectivity index (χ3v) is 6.66. The molecular weight excluding hydrogens is 540 g/mol. The zero-order valence-corrected chi connectivity index (χ0v) is 23.5. The van der Waals surface area contributed by atoms with E-state index >= 15 is 0 Å². The number of rotatable bonds is 8. The van der Waals surface area contributed by atoms with E-state index in [1.165, 1.54) is 24.1 Å². The summed E-state index contributed by atoms with van der Waals surface area (Å²) in [6.45, 7) is 3.26. The number of carbonyl (C=O) groups excluding carboxylic acids is 1. The number of likely N-dealkylation sites (N-methyl/N-ethyl adjacent to an activating group) is 1. The van der Waals surface area contributed by atoms with Gasteiger partial charge in [-0.25, -0.2) is 19.3 Å². The molecule has 0 aliphatic heterocycles. The van der Waals surface area contributed by atoms with E-state index in [1.54, 1.807) is 40.2 Å². The molecule has 12 heteroatoms. The number of amides is 1. The van der Waals surface area contributed by atoms with Crippen molar-refractivity contribution in [3.05, 3.63) is 77.0 Å². The zero-order valence-electron chi connectivity index (χ0n) is 23.5. The predicted octanol–water partition coefficient (Wildman–Crippen LogP) is 6.07. The van der Waals surface area contributed by atoms with E-state index in [0.29, 0.717) is 45.7 Å². The van der Waals surface area contributed by atoms with Crippen molar-refractivity contribution < 1.29 is 27.1 Å². The molecule has 4 aromatic rings. The van der Waals surface area contributed by atoms with Gasteiger partial charge in [-0.3, -0.25) is 4.79 Å². The van der Waals surface area contributed by atoms with Crippen LogP contribution in [0.15, 0.2) is 48.7 Å². The van der Waals surface area contributed by atoms with Gasteiger partial charge in [0.25, 0.3) is 0 Å². The Morgan fingerprint density at radius 2 is 1.80 bits per heavy atom. The molecule has 1 atom stereocenters. The summed E-state index contributed by atoms with van der Waals surface area (Å²) in [4.78, 5) is 29.0. The number of methoxy groups -OCH3 is 1. The van der Waals surface area contributed by atoms with Crippen LogP contribution < -0.4 is 15.0 Å². The number of benzene rings is 2. The van der Waals surface area contributed by atoms with Crippen molar-refractivity contribution in [2.75, 3.05) is 38.5 Å². The van der Waals surface area contributed by atoms with Crippen LogP contribution in [0.3, 0.4) is 0 Å². The largest absolute Gasteiger partial charge is 0.481 e. The van der Waals surface area contributed by atoms with Crippen LogP contribution in [0, 0.1) is 12.7 Å². The highest BCUT2D eigenvalue weighted by molar-refractivity contribution is 5.92. The standard InChI is InChI=1S/C29H30F4N6O2/c1-16(21-8-7-9-23(26(21)30)29(31,32)33)35-27-22-14-19(10-11-24(22)36-17(2)37-27)39(5)20-12-18(13-25(40)38(3)4)28(41-6)34-15-20/h7-12,14-16H,13H2,1-6H3,(H,35,36,37)/t16-/m1/s1. The van der Waals surface area contributed by atoms with Crippen molar-refractivity contribution >= 4 is 34.0 Å². The molecule has 0 bridgehead atoms. The maximum absolute atomic E-state index is 14.8. The minimum absolute atomic E-state index is 0.105. The first-order valence-electron chi connectivity index (χ1n) is 12.7. The molecule has 1 amide bonds. The van der Waals surface area contributed by atoms with Gasteiger partial charge >= 0.3 is 6.18 Å². The summed E-state index contributed by atoms with van der Waals surface area (Å²) in [6.07, 6.45) is -3.09. The van der Waals surface area contributed by atoms with Gasteiger partial charge in [-0.1, -0.05) is 12.1 Å². The second-order valence-electron chi connectivity index (χ2n) is 9.78. The Bertz CT molecular complexity index is 1590. The Balaban J connectivity index is 1.71. The molecule has 0 unspecified atom stereocenters. The van der Waals surface area contributed by atoms with Crippen LogP contribution in [0.25, 0.3) is 10.9 Å². The highest BCUT2D eigenvalue weighted by atomic mass is 19.4. The summed E-state index contributed by atoms with van der Waals surface area (Å²) in [5.41, 5.74) is 1.17. The summed E-state index contributed by atoms with van der Waals surface area (Å²) < 4.78 is 60.1. The lowest BCUT2D eigenvalue weighted by Gasteiger charge is -2.22. The molecular formula is C29H30F4N6O2. The second-order valence-corrected chi connectivity index (χ2v) is 9.78. The quantitative estimate of drug-likeness (QED) is 0.258. The lowest BCUT2D eigenvalue weighted by molar-refractivity contribution is -0.140. The molecule has 41 heavy (non-hydrogen) atoms. The topological polar surface area (TPSA) is 83.5 Å². The Morgan fingerprint density at radius 1 is 1.07 bits per heavy atom. The van der Waals surface area contributed by atoms with Crippen LogP contribution in [0.4, 0.5) is 34.8 Å². The van der Waals surface area contributed by atoms with Crippen molar-refractivity contribution in [1.82, 2.24) is 19.9 Å². The molecule has 0 aliphatic rings. The Kier molecular flexibility index (Phi) is 8.32. The zero-order chi connectivity index (χ0) is 30.1. The van der Waals surface area contributed by atoms with E-state index in [1.807, 2.05) is 30.1 Å². The molecule has 0 radical (unpaired) electrons. The number of anilines is 3. The first-order valence-corrected chi connectivity index (χ1v) is 12.7. The number of fused-ring (bicyclic) bond motifs is 1. The van der Waals surface area contributed by atoms with Gasteiger partial charge < -0.3 is 19.9 Å². The third-order valence-electron chi connectivity index (χ3n) is 6.66. The minimum atomic E-state index is -4.81. The first-order chi connectivity index (χ1) is 19.3.